The van der Waals surface area contributed by atoms with Crippen molar-refractivity contribution in [3.05, 3.63) is 82.2 Å². The van der Waals surface area contributed by atoms with Gasteiger partial charge in [-0.15, -0.1) is 0 Å². The third-order valence-corrected chi connectivity index (χ3v) is 8.64. The highest BCUT2D eigenvalue weighted by molar-refractivity contribution is 6.09. The number of morpholine rings is 1. The first-order chi connectivity index (χ1) is 21.5. The fourth-order valence-electron chi connectivity index (χ4n) is 6.19. The van der Waals surface area contributed by atoms with Crippen LogP contribution in [0.1, 0.15) is 57.2 Å². The number of nitrogen functional groups attached to an aromatic ring is 1. The third-order valence-electron chi connectivity index (χ3n) is 8.64. The number of fused-ring (bicyclic) bond motifs is 1. The number of hydrogen-bond acceptors (Lipinski definition) is 9. The fraction of sp³-hybridized carbons (Fsp3) is 0.406. The zero-order valence-corrected chi connectivity index (χ0v) is 24.5. The number of hydrogen-bond donors (Lipinski definition) is 2. The Morgan fingerprint density at radius 2 is 1.91 bits per heavy atom. The second kappa shape index (κ2) is 12.0. The molecule has 3 aliphatic rings. The minimum absolute atomic E-state index is 0.0514. The number of halogens is 1. The van der Waals surface area contributed by atoms with Gasteiger partial charge in [-0.1, -0.05) is 18.2 Å². The van der Waals surface area contributed by atoms with E-state index in [2.05, 4.69) is 25.0 Å². The van der Waals surface area contributed by atoms with Gasteiger partial charge < -0.3 is 20.5 Å². The summed E-state index contributed by atoms with van der Waals surface area (Å²) in [5.74, 6) is 0.305. The van der Waals surface area contributed by atoms with E-state index in [4.69, 9.17) is 10.5 Å². The smallest absolute Gasteiger partial charge is 0.261 e. The van der Waals surface area contributed by atoms with Crippen molar-refractivity contribution in [2.75, 3.05) is 50.0 Å². The van der Waals surface area contributed by atoms with Gasteiger partial charge in [0.15, 0.2) is 5.82 Å². The Balaban J connectivity index is 1.12. The van der Waals surface area contributed by atoms with Crippen LogP contribution < -0.4 is 10.6 Å². The summed E-state index contributed by atoms with van der Waals surface area (Å²) in [5.41, 5.74) is 10.4. The van der Waals surface area contributed by atoms with Crippen molar-refractivity contribution >= 4 is 17.5 Å². The second-order valence-corrected chi connectivity index (χ2v) is 11.7. The van der Waals surface area contributed by atoms with E-state index in [-0.39, 0.29) is 18.1 Å². The molecule has 0 spiro atoms. The SMILES string of the molecule is Nc1nc(Cc2cnn(CCN3CCOCC3)c2)nc(-c2cccc(N3CCc4cc(C5CC5)cc(F)c4C3=O)c2CO)n1. The Bertz CT molecular complexity index is 1700. The van der Waals surface area contributed by atoms with Gasteiger partial charge in [0, 0.05) is 49.9 Å². The average Bonchev–Trinajstić information content (AvgIpc) is 3.79. The van der Waals surface area contributed by atoms with Crippen molar-refractivity contribution in [2.24, 2.45) is 0 Å². The molecular formula is C32H35FN8O3. The van der Waals surface area contributed by atoms with Crippen LogP contribution >= 0.6 is 0 Å². The molecule has 4 aromatic rings. The summed E-state index contributed by atoms with van der Waals surface area (Å²) in [6, 6.07) is 8.80. The molecule has 1 amide bonds. The van der Waals surface area contributed by atoms with Crippen LogP contribution in [-0.4, -0.2) is 80.0 Å². The topological polar surface area (TPSA) is 136 Å². The Morgan fingerprint density at radius 1 is 1.07 bits per heavy atom. The molecule has 2 aromatic heterocycles. The predicted octanol–water partition coefficient (Wildman–Crippen LogP) is 2.95. The normalized spacial score (nSPS) is 17.2. The Hall–Kier alpha value is -4.26. The van der Waals surface area contributed by atoms with E-state index >= 15 is 4.39 Å². The van der Waals surface area contributed by atoms with E-state index in [1.165, 1.54) is 11.0 Å². The Morgan fingerprint density at radius 3 is 2.70 bits per heavy atom. The lowest BCUT2D eigenvalue weighted by Crippen LogP contribution is -2.39. The van der Waals surface area contributed by atoms with Crippen LogP contribution in [0, 0.1) is 5.82 Å². The number of aromatic nitrogens is 5. The van der Waals surface area contributed by atoms with Gasteiger partial charge in [0.05, 0.1) is 43.8 Å². The molecular weight excluding hydrogens is 563 g/mol. The van der Waals surface area contributed by atoms with Crippen molar-refractivity contribution < 1.29 is 19.0 Å². The highest BCUT2D eigenvalue weighted by atomic mass is 19.1. The van der Waals surface area contributed by atoms with Crippen LogP contribution in [-0.2, 0) is 30.7 Å². The van der Waals surface area contributed by atoms with Gasteiger partial charge in [0.2, 0.25) is 5.95 Å². The Labute approximate surface area is 254 Å². The zero-order chi connectivity index (χ0) is 30.2. The number of amides is 1. The van der Waals surface area contributed by atoms with Crippen LogP contribution in [0.4, 0.5) is 16.0 Å². The second-order valence-electron chi connectivity index (χ2n) is 11.7. The van der Waals surface area contributed by atoms with Gasteiger partial charge in [-0.3, -0.25) is 14.4 Å². The van der Waals surface area contributed by atoms with Crippen LogP contribution in [0.25, 0.3) is 11.4 Å². The molecule has 44 heavy (non-hydrogen) atoms. The summed E-state index contributed by atoms with van der Waals surface area (Å²) in [4.78, 5) is 30.9. The number of carbonyl (C=O) groups is 1. The first-order valence-corrected chi connectivity index (χ1v) is 15.2. The van der Waals surface area contributed by atoms with Gasteiger partial charge in [-0.05, 0) is 54.0 Å². The summed E-state index contributed by atoms with van der Waals surface area (Å²) in [6.07, 6.45) is 6.82. The molecule has 12 heteroatoms. The van der Waals surface area contributed by atoms with E-state index in [1.54, 1.807) is 24.4 Å². The highest BCUT2D eigenvalue weighted by Crippen LogP contribution is 2.42. The lowest BCUT2D eigenvalue weighted by atomic mass is 9.93. The molecule has 0 unspecified atom stereocenters. The largest absolute Gasteiger partial charge is 0.392 e. The summed E-state index contributed by atoms with van der Waals surface area (Å²) in [6.45, 7) is 5.03. The number of rotatable bonds is 9. The summed E-state index contributed by atoms with van der Waals surface area (Å²) in [5, 5.41) is 15.0. The van der Waals surface area contributed by atoms with Crippen molar-refractivity contribution in [3.63, 3.8) is 0 Å². The number of nitrogens with two attached hydrogens (primary N) is 1. The zero-order valence-electron chi connectivity index (χ0n) is 24.5. The maximum absolute atomic E-state index is 15.2. The monoisotopic (exact) mass is 598 g/mol. The van der Waals surface area contributed by atoms with Crippen LogP contribution in [0.3, 0.4) is 0 Å². The van der Waals surface area contributed by atoms with Gasteiger partial charge in [0.25, 0.3) is 5.91 Å². The minimum atomic E-state index is -0.486. The summed E-state index contributed by atoms with van der Waals surface area (Å²) < 4.78 is 22.6. The fourth-order valence-corrected chi connectivity index (χ4v) is 6.19. The maximum atomic E-state index is 15.2. The Kier molecular flexibility index (Phi) is 7.79. The first-order valence-electron chi connectivity index (χ1n) is 15.2. The number of ether oxygens (including phenoxy) is 1. The number of carbonyl (C=O) groups excluding carboxylic acids is 1. The van der Waals surface area contributed by atoms with Gasteiger partial charge in [0.1, 0.15) is 11.6 Å². The molecule has 11 nitrogen and oxygen atoms in total. The maximum Gasteiger partial charge on any atom is 0.261 e. The summed E-state index contributed by atoms with van der Waals surface area (Å²) >= 11 is 0. The van der Waals surface area contributed by atoms with Gasteiger partial charge >= 0.3 is 0 Å². The van der Waals surface area contributed by atoms with E-state index in [9.17, 15) is 9.90 Å². The molecule has 2 fully saturated rings. The number of aliphatic hydroxyl groups is 1. The van der Waals surface area contributed by atoms with E-state index in [0.717, 1.165) is 68.9 Å². The summed E-state index contributed by atoms with van der Waals surface area (Å²) in [7, 11) is 0. The number of benzene rings is 2. The number of nitrogens with zero attached hydrogens (tertiary/aromatic N) is 7. The van der Waals surface area contributed by atoms with Crippen LogP contribution in [0.5, 0.6) is 0 Å². The van der Waals surface area contributed by atoms with Crippen molar-refractivity contribution in [2.45, 2.75) is 44.8 Å². The average molecular weight is 599 g/mol. The molecule has 0 atom stereocenters. The van der Waals surface area contributed by atoms with Crippen molar-refractivity contribution in [1.29, 1.82) is 0 Å². The van der Waals surface area contributed by atoms with Gasteiger partial charge in [-0.25, -0.2) is 9.37 Å². The molecule has 1 aliphatic carbocycles. The molecule has 0 radical (unpaired) electrons. The lowest BCUT2D eigenvalue weighted by Gasteiger charge is -2.31. The molecule has 1 saturated heterocycles. The van der Waals surface area contributed by atoms with Crippen LogP contribution in [0.15, 0.2) is 42.7 Å². The standard InChI is InChI=1S/C32H35FN8O3/c33-26-16-23(21-4-5-21)15-22-6-7-41(31(43)29(22)26)27-3-1-2-24(25(27)19-42)30-36-28(37-32(34)38-30)14-20-17-35-40(18-20)9-8-39-10-12-44-13-11-39/h1-3,15-18,21,42H,4-14,19H2,(H2,34,36,37,38). The minimum Gasteiger partial charge on any atom is -0.392 e. The van der Waals surface area contributed by atoms with Gasteiger partial charge in [-0.2, -0.15) is 15.1 Å². The molecule has 2 aromatic carbocycles. The van der Waals surface area contributed by atoms with Crippen molar-refractivity contribution in [1.82, 2.24) is 29.6 Å². The van der Waals surface area contributed by atoms with E-state index < -0.39 is 11.7 Å². The predicted molar refractivity (Wildman–Crippen MR) is 162 cm³/mol. The highest BCUT2D eigenvalue weighted by Gasteiger charge is 2.33. The quantitative estimate of drug-likeness (QED) is 0.298. The van der Waals surface area contributed by atoms with E-state index in [0.29, 0.717) is 53.8 Å². The molecule has 1 saturated carbocycles. The van der Waals surface area contributed by atoms with Crippen LogP contribution in [0.2, 0.25) is 0 Å². The number of aliphatic hydroxyl groups excluding tert-OH is 1. The number of anilines is 2. The molecule has 7 rings (SSSR count). The molecule has 0 bridgehead atoms. The lowest BCUT2D eigenvalue weighted by molar-refractivity contribution is 0.0359. The van der Waals surface area contributed by atoms with Crippen molar-refractivity contribution in [3.8, 4) is 11.4 Å². The first kappa shape index (κ1) is 28.5. The molecule has 3 N–H and O–H groups in total. The molecule has 2 aliphatic heterocycles. The van der Waals surface area contributed by atoms with E-state index in [1.807, 2.05) is 16.9 Å². The molecule has 4 heterocycles. The third kappa shape index (κ3) is 5.80. The molecule has 228 valence electrons.